The number of imidazole rings is 1. The van der Waals surface area contributed by atoms with Crippen molar-refractivity contribution >= 4 is 77.1 Å². The SMILES string of the molecule is CC(C)C[C@H](NC(=O)[C@H](CC(C)C)NC(=O)[C@@H](N)Cc1cnc[nH]1)C(=O)N[C@@H](CCCN=C(N)N)C(=O)N1CCC[C@H]1C(=O)N[C@@H](CCCN=C(N)N)C(=O)N[C@@H](CCCN=C(N)N)C(=O)N[C@@H](CCCCN)C(=O)N[C@@H](CCCN=C(N)N)C(=O)O. The highest BCUT2D eigenvalue weighted by atomic mass is 16.4. The van der Waals surface area contributed by atoms with Crippen LogP contribution < -0.4 is 94.6 Å². The number of nitrogens with zero attached hydrogens (tertiary/aromatic N) is 6. The average Bonchev–Trinajstić information content (AvgIpc) is 2.92. The number of likely N-dealkylation sites (tertiary alicyclic amines) is 1. The highest BCUT2D eigenvalue weighted by Crippen LogP contribution is 2.21. The molecule has 0 saturated carbocycles. The first-order chi connectivity index (χ1) is 41.1. The predicted molar refractivity (Wildman–Crippen MR) is 328 cm³/mol. The van der Waals surface area contributed by atoms with Gasteiger partial charge in [0.1, 0.15) is 48.3 Å². The molecule has 0 unspecified atom stereocenters. The molecule has 34 heteroatoms. The maximum Gasteiger partial charge on any atom is 0.326 e. The number of guanidine groups is 4. The van der Waals surface area contributed by atoms with Crippen molar-refractivity contribution in [3.05, 3.63) is 18.2 Å². The van der Waals surface area contributed by atoms with Crippen molar-refractivity contribution in [3.8, 4) is 0 Å². The van der Waals surface area contributed by atoms with Gasteiger partial charge in [0.25, 0.3) is 0 Å². The lowest BCUT2D eigenvalue weighted by Gasteiger charge is -2.31. The zero-order chi connectivity index (χ0) is 65.2. The van der Waals surface area contributed by atoms with E-state index in [1.807, 2.05) is 27.7 Å². The number of hydrogen-bond donors (Lipinski definition) is 19. The summed E-state index contributed by atoms with van der Waals surface area (Å²) in [5.74, 6) is -8.34. The molecule has 0 spiro atoms. The Kier molecular flexibility index (Phi) is 34.2. The normalized spacial score (nSPS) is 15.6. The quantitative estimate of drug-likeness (QED) is 0.0165. The van der Waals surface area contributed by atoms with E-state index in [0.29, 0.717) is 25.0 Å². The van der Waals surface area contributed by atoms with Gasteiger partial charge in [0.05, 0.1) is 12.4 Å². The van der Waals surface area contributed by atoms with Gasteiger partial charge in [-0.05, 0) is 115 Å². The van der Waals surface area contributed by atoms with E-state index in [1.165, 1.54) is 17.4 Å². The maximum absolute atomic E-state index is 14.8. The molecule has 1 aliphatic rings. The zero-order valence-electron chi connectivity index (χ0n) is 50.6. The zero-order valence-corrected chi connectivity index (χ0v) is 50.6. The number of unbranched alkanes of at least 4 members (excludes halogenated alkanes) is 1. The number of nitrogens with one attached hydrogen (secondary N) is 8. The third-order valence-electron chi connectivity index (χ3n) is 13.7. The summed E-state index contributed by atoms with van der Waals surface area (Å²) in [6.07, 6.45) is 5.10. The van der Waals surface area contributed by atoms with E-state index in [2.05, 4.69) is 67.2 Å². The van der Waals surface area contributed by atoms with E-state index in [4.69, 9.17) is 57.3 Å². The summed E-state index contributed by atoms with van der Waals surface area (Å²) in [5, 5.41) is 28.9. The molecule has 29 N–H and O–H groups in total. The molecular weight excluding hydrogens is 1130 g/mol. The molecule has 2 rings (SSSR count). The molecule has 490 valence electrons. The number of aromatic nitrogens is 2. The Morgan fingerprint density at radius 3 is 1.34 bits per heavy atom. The molecule has 0 aliphatic carbocycles. The number of carboxylic acids is 1. The summed E-state index contributed by atoms with van der Waals surface area (Å²) < 4.78 is 0. The van der Waals surface area contributed by atoms with Gasteiger partial charge in [0.2, 0.25) is 47.3 Å². The first-order valence-corrected chi connectivity index (χ1v) is 29.4. The van der Waals surface area contributed by atoms with Crippen LogP contribution in [0.1, 0.15) is 130 Å². The number of carbonyl (C=O) groups is 9. The second-order valence-corrected chi connectivity index (χ2v) is 22.2. The van der Waals surface area contributed by atoms with Crippen LogP contribution in [-0.4, -0.2) is 191 Å². The van der Waals surface area contributed by atoms with Gasteiger partial charge in [-0.2, -0.15) is 0 Å². The Labute approximate surface area is 507 Å². The second kappa shape index (κ2) is 39.9. The van der Waals surface area contributed by atoms with E-state index in [0.717, 1.165) is 0 Å². The maximum atomic E-state index is 14.8. The molecule has 8 amide bonds. The van der Waals surface area contributed by atoms with Crippen LogP contribution in [0.25, 0.3) is 0 Å². The monoisotopic (exact) mass is 1230 g/mol. The summed E-state index contributed by atoms with van der Waals surface area (Å²) in [5.41, 5.74) is 56.8. The number of aliphatic carboxylic acids is 1. The third kappa shape index (κ3) is 29.9. The Hall–Kier alpha value is -8.56. The molecule has 9 atom stereocenters. The molecular formula is C53H98N24O10. The highest BCUT2D eigenvalue weighted by molar-refractivity contribution is 5.98. The van der Waals surface area contributed by atoms with E-state index in [9.17, 15) is 48.3 Å². The molecule has 0 aromatic carbocycles. The third-order valence-corrected chi connectivity index (χ3v) is 13.7. The molecule has 1 fully saturated rings. The van der Waals surface area contributed by atoms with Gasteiger partial charge in [0.15, 0.2) is 23.8 Å². The largest absolute Gasteiger partial charge is 0.480 e. The van der Waals surface area contributed by atoms with Crippen molar-refractivity contribution in [1.29, 1.82) is 0 Å². The van der Waals surface area contributed by atoms with E-state index < -0.39 is 108 Å². The van der Waals surface area contributed by atoms with Gasteiger partial charge >= 0.3 is 5.97 Å². The van der Waals surface area contributed by atoms with Crippen molar-refractivity contribution in [2.45, 2.75) is 185 Å². The van der Waals surface area contributed by atoms with Gasteiger partial charge < -0.3 is 110 Å². The smallest absolute Gasteiger partial charge is 0.326 e. The molecule has 87 heavy (non-hydrogen) atoms. The first kappa shape index (κ1) is 74.5. The topological polar surface area (TPSA) is 600 Å². The Morgan fingerprint density at radius 2 is 0.931 bits per heavy atom. The number of rotatable bonds is 42. The molecule has 0 radical (unpaired) electrons. The van der Waals surface area contributed by atoms with Crippen LogP contribution in [0, 0.1) is 11.8 Å². The lowest BCUT2D eigenvalue weighted by Crippen LogP contribution is -2.60. The molecule has 1 aliphatic heterocycles. The summed E-state index contributed by atoms with van der Waals surface area (Å²) in [7, 11) is 0. The van der Waals surface area contributed by atoms with Crippen molar-refractivity contribution in [1.82, 2.24) is 52.1 Å². The number of carboxylic acid groups (broad SMARTS) is 1. The summed E-state index contributed by atoms with van der Waals surface area (Å²) >= 11 is 0. The van der Waals surface area contributed by atoms with Gasteiger partial charge in [-0.3, -0.25) is 58.3 Å². The highest BCUT2D eigenvalue weighted by Gasteiger charge is 2.40. The van der Waals surface area contributed by atoms with Crippen LogP contribution in [0.4, 0.5) is 0 Å². The van der Waals surface area contributed by atoms with Crippen molar-refractivity contribution in [3.63, 3.8) is 0 Å². The molecule has 2 heterocycles. The van der Waals surface area contributed by atoms with Crippen LogP contribution in [0.15, 0.2) is 32.5 Å². The fourth-order valence-electron chi connectivity index (χ4n) is 9.37. The van der Waals surface area contributed by atoms with Gasteiger partial charge in [-0.1, -0.05) is 27.7 Å². The summed E-state index contributed by atoms with van der Waals surface area (Å²) in [6, 6.07) is -11.3. The molecule has 1 aromatic heterocycles. The minimum absolute atomic E-state index is 0.0202. The first-order valence-electron chi connectivity index (χ1n) is 29.4. The molecule has 1 saturated heterocycles. The van der Waals surface area contributed by atoms with Gasteiger partial charge in [0, 0.05) is 51.0 Å². The fraction of sp³-hybridized carbons (Fsp3) is 0.698. The lowest BCUT2D eigenvalue weighted by atomic mass is 9.99. The number of aliphatic imine (C=N–C) groups is 4. The Morgan fingerprint density at radius 1 is 0.552 bits per heavy atom. The van der Waals surface area contributed by atoms with Crippen LogP contribution >= 0.6 is 0 Å². The number of amides is 8. The van der Waals surface area contributed by atoms with Crippen LogP contribution in [-0.2, 0) is 49.6 Å². The van der Waals surface area contributed by atoms with Gasteiger partial charge in [-0.15, -0.1) is 0 Å². The second-order valence-electron chi connectivity index (χ2n) is 22.2. The van der Waals surface area contributed by atoms with Crippen LogP contribution in [0.3, 0.4) is 0 Å². The Balaban J connectivity index is 2.52. The molecule has 34 nitrogen and oxygen atoms in total. The molecule has 0 bridgehead atoms. The van der Waals surface area contributed by atoms with Crippen molar-refractivity contribution in [2.75, 3.05) is 39.3 Å². The average molecular weight is 1230 g/mol. The number of aromatic amines is 1. The predicted octanol–water partition coefficient (Wildman–Crippen LogP) is -5.82. The number of nitrogens with two attached hydrogens (primary N) is 10. The Bertz CT molecular complexity index is 2480. The van der Waals surface area contributed by atoms with Crippen LogP contribution in [0.5, 0.6) is 0 Å². The van der Waals surface area contributed by atoms with Crippen molar-refractivity contribution < 1.29 is 48.3 Å². The number of carbonyl (C=O) groups excluding carboxylic acids is 8. The van der Waals surface area contributed by atoms with Crippen LogP contribution in [0.2, 0.25) is 0 Å². The number of H-pyrrole nitrogens is 1. The van der Waals surface area contributed by atoms with E-state index >= 15 is 0 Å². The summed E-state index contributed by atoms with van der Waals surface area (Å²) in [4.78, 5) is 150. The lowest BCUT2D eigenvalue weighted by molar-refractivity contribution is -0.143. The minimum atomic E-state index is -1.39. The standard InChI is InChI=1S/C53H98N24O10/c1-29(2)24-38(75-41(78)32(55)26-31-27-64-28-69-31)46(83)76-39(25-30(3)4)45(82)73-36(15-9-21-67-52(60)61)48(85)77-23-11-17-40(77)47(84)72-35(14-8-20-66-51(58)59)43(80)71-34(13-7-19-65-50(56)57)42(79)70-33(12-5-6-18-54)44(81)74-37(49(86)87)16-10-22-68-53(62)63/h27-30,32-40H,5-26,54-55H2,1-4H3,(H,64,69)(H,70,79)(H,71,80)(H,72,84)(H,73,82)(H,74,81)(H,75,78)(H,76,83)(H,86,87)(H4,56,57,65)(H4,58,59,66)(H4,60,61,67)(H4,62,63,68)/t32-,33-,34-,35-,36-,37-,38-,39-,40-/m0/s1. The van der Waals surface area contributed by atoms with Crippen molar-refractivity contribution in [2.24, 2.45) is 89.1 Å². The van der Waals surface area contributed by atoms with E-state index in [1.54, 1.807) is 0 Å². The fourth-order valence-corrected chi connectivity index (χ4v) is 9.37. The number of hydrogen-bond acceptors (Lipinski definition) is 16. The minimum Gasteiger partial charge on any atom is -0.480 e. The van der Waals surface area contributed by atoms with Gasteiger partial charge in [-0.25, -0.2) is 9.78 Å². The van der Waals surface area contributed by atoms with E-state index in [-0.39, 0.29) is 158 Å². The summed E-state index contributed by atoms with van der Waals surface area (Å²) in [6.45, 7) is 7.92. The molecule has 1 aromatic rings.